The Morgan fingerprint density at radius 2 is 1.22 bits per heavy atom. The van der Waals surface area contributed by atoms with Crippen LogP contribution in [0.5, 0.6) is 0 Å². The summed E-state index contributed by atoms with van der Waals surface area (Å²) in [5, 5.41) is 0. The minimum absolute atomic E-state index is 0.597. The molecule has 0 aliphatic rings. The maximum absolute atomic E-state index is 5.39. The Morgan fingerprint density at radius 1 is 0.722 bits per heavy atom. The molecule has 0 aromatic rings. The zero-order valence-electron chi connectivity index (χ0n) is 11.4. The van der Waals surface area contributed by atoms with E-state index in [1.165, 1.54) is 6.26 Å². The third kappa shape index (κ3) is 15.4. The van der Waals surface area contributed by atoms with Crippen LogP contribution in [0.15, 0.2) is 12.8 Å². The van der Waals surface area contributed by atoms with Gasteiger partial charge >= 0.3 is 0 Å². The Labute approximate surface area is 110 Å². The van der Waals surface area contributed by atoms with Gasteiger partial charge in [0.25, 0.3) is 0 Å². The van der Waals surface area contributed by atoms with Crippen LogP contribution in [0.25, 0.3) is 0 Å². The van der Waals surface area contributed by atoms with Crippen molar-refractivity contribution in [2.45, 2.75) is 12.8 Å². The minimum atomic E-state index is 0.597. The number of ether oxygens (including phenoxy) is 5. The van der Waals surface area contributed by atoms with Crippen LogP contribution >= 0.6 is 0 Å². The molecular weight excluding hydrogens is 236 g/mol. The number of hydrogen-bond acceptors (Lipinski definition) is 5. The minimum Gasteiger partial charge on any atom is -0.502 e. The van der Waals surface area contributed by atoms with Gasteiger partial charge in [-0.25, -0.2) is 0 Å². The molecule has 0 spiro atoms. The Hall–Kier alpha value is -0.620. The summed E-state index contributed by atoms with van der Waals surface area (Å²) in [6, 6.07) is 0. The average molecular weight is 262 g/mol. The summed E-state index contributed by atoms with van der Waals surface area (Å²) < 4.78 is 25.8. The highest BCUT2D eigenvalue weighted by Gasteiger charge is 1.92. The van der Waals surface area contributed by atoms with E-state index < -0.39 is 0 Å². The second kappa shape index (κ2) is 16.4. The lowest BCUT2D eigenvalue weighted by Crippen LogP contribution is -2.11. The van der Waals surface area contributed by atoms with E-state index in [1.54, 1.807) is 7.11 Å². The van der Waals surface area contributed by atoms with Crippen LogP contribution in [-0.2, 0) is 23.7 Å². The number of hydrogen-bond donors (Lipinski definition) is 0. The molecule has 108 valence electrons. The summed E-state index contributed by atoms with van der Waals surface area (Å²) in [6.07, 6.45) is 3.44. The topological polar surface area (TPSA) is 46.2 Å². The first-order valence-corrected chi connectivity index (χ1v) is 6.36. The van der Waals surface area contributed by atoms with Crippen molar-refractivity contribution in [1.82, 2.24) is 0 Å². The molecule has 0 aromatic heterocycles. The standard InChI is InChI=1S/C13H26O5/c1-3-15-6-4-5-7-16-10-11-18-13-12-17-9-8-14-2/h3H,1,4-13H2,2H3. The molecule has 0 N–H and O–H groups in total. The van der Waals surface area contributed by atoms with Gasteiger partial charge in [-0.1, -0.05) is 6.58 Å². The Bertz CT molecular complexity index is 163. The van der Waals surface area contributed by atoms with Crippen LogP contribution in [0.3, 0.4) is 0 Å². The SMILES string of the molecule is C=COCCCCOCCOCCOCCOC. The third-order valence-electron chi connectivity index (χ3n) is 2.09. The summed E-state index contributed by atoms with van der Waals surface area (Å²) in [6.45, 7) is 8.60. The first kappa shape index (κ1) is 17.4. The van der Waals surface area contributed by atoms with E-state index >= 15 is 0 Å². The smallest absolute Gasteiger partial charge is 0.0873 e. The lowest BCUT2D eigenvalue weighted by molar-refractivity contribution is 0.00294. The number of unbranched alkanes of at least 4 members (excludes halogenated alkanes) is 1. The van der Waals surface area contributed by atoms with E-state index in [1.807, 2.05) is 0 Å². The maximum Gasteiger partial charge on any atom is 0.0873 e. The monoisotopic (exact) mass is 262 g/mol. The van der Waals surface area contributed by atoms with Crippen LogP contribution in [0, 0.1) is 0 Å². The summed E-state index contributed by atoms with van der Waals surface area (Å²) in [4.78, 5) is 0. The molecule has 0 atom stereocenters. The maximum atomic E-state index is 5.39. The highest BCUT2D eigenvalue weighted by molar-refractivity contribution is 4.48. The van der Waals surface area contributed by atoms with Crippen molar-refractivity contribution in [3.05, 3.63) is 12.8 Å². The van der Waals surface area contributed by atoms with Crippen LogP contribution in [0.4, 0.5) is 0 Å². The predicted molar refractivity (Wildman–Crippen MR) is 69.7 cm³/mol. The molecule has 0 amide bonds. The Balaban J connectivity index is 2.88. The summed E-state index contributed by atoms with van der Waals surface area (Å²) >= 11 is 0. The van der Waals surface area contributed by atoms with Crippen molar-refractivity contribution < 1.29 is 23.7 Å². The quantitative estimate of drug-likeness (QED) is 0.331. The fraction of sp³-hybridized carbons (Fsp3) is 0.846. The van der Waals surface area contributed by atoms with Gasteiger partial charge in [-0.05, 0) is 12.8 Å². The van der Waals surface area contributed by atoms with Crippen molar-refractivity contribution in [3.8, 4) is 0 Å². The summed E-state index contributed by atoms with van der Waals surface area (Å²) in [5.74, 6) is 0. The number of rotatable bonds is 15. The molecule has 18 heavy (non-hydrogen) atoms. The van der Waals surface area contributed by atoms with E-state index in [0.29, 0.717) is 46.2 Å². The summed E-state index contributed by atoms with van der Waals surface area (Å²) in [5.41, 5.74) is 0. The zero-order chi connectivity index (χ0) is 13.3. The van der Waals surface area contributed by atoms with E-state index in [9.17, 15) is 0 Å². The molecule has 0 heterocycles. The first-order chi connectivity index (χ1) is 8.91. The summed E-state index contributed by atoms with van der Waals surface area (Å²) in [7, 11) is 1.65. The van der Waals surface area contributed by atoms with E-state index in [4.69, 9.17) is 23.7 Å². The van der Waals surface area contributed by atoms with E-state index in [0.717, 1.165) is 19.4 Å². The fourth-order valence-electron chi connectivity index (χ4n) is 1.16. The van der Waals surface area contributed by atoms with Crippen LogP contribution in [0.1, 0.15) is 12.8 Å². The van der Waals surface area contributed by atoms with Gasteiger partial charge in [-0.15, -0.1) is 0 Å². The van der Waals surface area contributed by atoms with Gasteiger partial charge in [0, 0.05) is 13.7 Å². The van der Waals surface area contributed by atoms with Crippen LogP contribution in [0.2, 0.25) is 0 Å². The molecule has 0 aliphatic heterocycles. The van der Waals surface area contributed by atoms with Crippen molar-refractivity contribution in [1.29, 1.82) is 0 Å². The van der Waals surface area contributed by atoms with Gasteiger partial charge in [0.05, 0.1) is 52.5 Å². The molecule has 5 nitrogen and oxygen atoms in total. The molecule has 0 saturated heterocycles. The van der Waals surface area contributed by atoms with Crippen molar-refractivity contribution in [2.75, 3.05) is 60.0 Å². The van der Waals surface area contributed by atoms with Crippen molar-refractivity contribution in [3.63, 3.8) is 0 Å². The van der Waals surface area contributed by atoms with Gasteiger partial charge in [-0.2, -0.15) is 0 Å². The Kier molecular flexibility index (Phi) is 15.8. The zero-order valence-corrected chi connectivity index (χ0v) is 11.4. The van der Waals surface area contributed by atoms with Gasteiger partial charge in [0.15, 0.2) is 0 Å². The molecule has 0 unspecified atom stereocenters. The largest absolute Gasteiger partial charge is 0.502 e. The van der Waals surface area contributed by atoms with Gasteiger partial charge in [0.1, 0.15) is 0 Å². The van der Waals surface area contributed by atoms with E-state index in [-0.39, 0.29) is 0 Å². The molecule has 0 aliphatic carbocycles. The molecule has 0 bridgehead atoms. The molecule has 5 heteroatoms. The first-order valence-electron chi connectivity index (χ1n) is 6.36. The molecular formula is C13H26O5. The molecule has 0 saturated carbocycles. The molecule has 0 fully saturated rings. The lowest BCUT2D eigenvalue weighted by atomic mass is 10.3. The van der Waals surface area contributed by atoms with Crippen LogP contribution in [-0.4, -0.2) is 60.0 Å². The van der Waals surface area contributed by atoms with Gasteiger partial charge in [0.2, 0.25) is 0 Å². The number of methoxy groups -OCH3 is 1. The highest BCUT2D eigenvalue weighted by Crippen LogP contribution is 1.91. The third-order valence-corrected chi connectivity index (χ3v) is 2.09. The fourth-order valence-corrected chi connectivity index (χ4v) is 1.16. The van der Waals surface area contributed by atoms with Gasteiger partial charge < -0.3 is 23.7 Å². The second-order valence-electron chi connectivity index (χ2n) is 3.57. The normalized spacial score (nSPS) is 10.5. The molecule has 0 aromatic carbocycles. The van der Waals surface area contributed by atoms with E-state index in [2.05, 4.69) is 6.58 Å². The second-order valence-corrected chi connectivity index (χ2v) is 3.57. The van der Waals surface area contributed by atoms with Crippen molar-refractivity contribution >= 4 is 0 Å². The molecule has 0 rings (SSSR count). The van der Waals surface area contributed by atoms with Crippen LogP contribution < -0.4 is 0 Å². The average Bonchev–Trinajstić information content (AvgIpc) is 2.39. The lowest BCUT2D eigenvalue weighted by Gasteiger charge is -2.06. The van der Waals surface area contributed by atoms with Crippen molar-refractivity contribution in [2.24, 2.45) is 0 Å². The molecule has 0 radical (unpaired) electrons. The highest BCUT2D eigenvalue weighted by atomic mass is 16.6. The predicted octanol–water partition coefficient (Wildman–Crippen LogP) is 1.62. The Morgan fingerprint density at radius 3 is 1.78 bits per heavy atom. The van der Waals surface area contributed by atoms with Gasteiger partial charge in [-0.3, -0.25) is 0 Å².